The first-order chi connectivity index (χ1) is 12.6. The van der Waals surface area contributed by atoms with Gasteiger partial charge < -0.3 is 34.1 Å². The summed E-state index contributed by atoms with van der Waals surface area (Å²) in [5.74, 6) is 0.554. The van der Waals surface area contributed by atoms with Crippen LogP contribution < -0.4 is 4.74 Å². The molecule has 0 unspecified atom stereocenters. The summed E-state index contributed by atoms with van der Waals surface area (Å²) >= 11 is 24.4. The summed E-state index contributed by atoms with van der Waals surface area (Å²) in [5.41, 5.74) is 2.15. The van der Waals surface area contributed by atoms with Crippen LogP contribution >= 0.6 is 48.2 Å². The van der Waals surface area contributed by atoms with E-state index in [1.165, 1.54) is 19.1 Å². The van der Waals surface area contributed by atoms with Crippen molar-refractivity contribution in [2.45, 2.75) is 34.1 Å². The molecule has 0 saturated heterocycles. The minimum absolute atomic E-state index is 0.511. The Hall–Kier alpha value is 0.690. The molecule has 0 radical (unpaired) electrons. The summed E-state index contributed by atoms with van der Waals surface area (Å²) in [7, 11) is 1.54. The van der Waals surface area contributed by atoms with Crippen LogP contribution in [0, 0.1) is 0 Å². The predicted molar refractivity (Wildman–Crippen MR) is 127 cm³/mol. The number of hydrogen-bond donors (Lipinski definition) is 6. The van der Waals surface area contributed by atoms with Gasteiger partial charge in [0.25, 0.3) is 0 Å². The van der Waals surface area contributed by atoms with E-state index < -0.39 is 13.4 Å². The van der Waals surface area contributed by atoms with Crippen molar-refractivity contribution in [2.75, 3.05) is 7.11 Å². The fourth-order valence-corrected chi connectivity index (χ4v) is 1.50. The lowest BCUT2D eigenvalue weighted by molar-refractivity contribution is 0.361. The number of benzene rings is 1. The van der Waals surface area contributed by atoms with Gasteiger partial charge in [0.2, 0.25) is 0 Å². The Morgan fingerprint density at radius 2 is 1.25 bits per heavy atom. The van der Waals surface area contributed by atoms with Crippen LogP contribution in [0.2, 0.25) is 10.0 Å². The summed E-state index contributed by atoms with van der Waals surface area (Å²) in [4.78, 5) is 45.3. The van der Waals surface area contributed by atoms with Gasteiger partial charge in [0.05, 0.1) is 17.2 Å². The van der Waals surface area contributed by atoms with Gasteiger partial charge in [-0.3, -0.25) is 0 Å². The normalized spacial score (nSPS) is 10.1. The Kier molecular flexibility index (Phi) is 27.0. The van der Waals surface area contributed by atoms with Gasteiger partial charge in [-0.05, 0) is 41.3 Å². The van der Waals surface area contributed by atoms with Crippen LogP contribution in [0.25, 0.3) is 6.08 Å². The van der Waals surface area contributed by atoms with Crippen molar-refractivity contribution in [2.24, 2.45) is 0 Å². The Morgan fingerprint density at radius 1 is 0.929 bits per heavy atom. The number of rotatable bonds is 2. The average molecular weight is 540 g/mol. The SMILES string of the molecule is CC.CCC.COc1cc(Cl)c(C=CCl)cc1Cl.OP(O)(O)=S.OP(O)(O)=S. The molecule has 1 rings (SSSR count). The summed E-state index contributed by atoms with van der Waals surface area (Å²) in [6.45, 7) is 0.639. The summed E-state index contributed by atoms with van der Waals surface area (Å²) in [5, 5.41) is 1.06. The third-order valence-corrected chi connectivity index (χ3v) is 2.26. The molecule has 0 aliphatic carbocycles. The molecule has 7 nitrogen and oxygen atoms in total. The molecule has 0 aromatic heterocycles. The molecule has 1 aromatic rings. The van der Waals surface area contributed by atoms with Crippen molar-refractivity contribution < 1.29 is 34.1 Å². The zero-order valence-corrected chi connectivity index (χ0v) is 21.6. The molecule has 0 atom stereocenters. The van der Waals surface area contributed by atoms with E-state index in [4.69, 9.17) is 68.9 Å². The zero-order valence-electron chi connectivity index (χ0n) is 16.0. The van der Waals surface area contributed by atoms with E-state index in [1.807, 2.05) is 13.8 Å². The topological polar surface area (TPSA) is 131 Å². The highest BCUT2D eigenvalue weighted by Crippen LogP contribution is 2.31. The summed E-state index contributed by atoms with van der Waals surface area (Å²) in [6.07, 6.45) is 2.91. The Bertz CT molecular complexity index is 601. The van der Waals surface area contributed by atoms with E-state index in [2.05, 4.69) is 37.5 Å². The molecule has 0 bridgehead atoms. The van der Waals surface area contributed by atoms with Crippen LogP contribution in [0.1, 0.15) is 39.7 Å². The predicted octanol–water partition coefficient (Wildman–Crippen LogP) is 5.03. The Labute approximate surface area is 191 Å². The Morgan fingerprint density at radius 3 is 1.50 bits per heavy atom. The van der Waals surface area contributed by atoms with Crippen molar-refractivity contribution in [1.29, 1.82) is 0 Å². The van der Waals surface area contributed by atoms with Crippen molar-refractivity contribution in [1.82, 2.24) is 0 Å². The summed E-state index contributed by atoms with van der Waals surface area (Å²) < 4.78 is 4.99. The minimum Gasteiger partial charge on any atom is -0.495 e. The van der Waals surface area contributed by atoms with Crippen molar-refractivity contribution in [3.05, 3.63) is 33.3 Å². The van der Waals surface area contributed by atoms with Gasteiger partial charge in [0.15, 0.2) is 0 Å². The maximum atomic E-state index is 7.56. The molecule has 0 aliphatic rings. The van der Waals surface area contributed by atoms with E-state index in [-0.39, 0.29) is 0 Å². The maximum Gasteiger partial charge on any atom is 0.319 e. The third-order valence-electron chi connectivity index (χ3n) is 1.51. The summed E-state index contributed by atoms with van der Waals surface area (Å²) in [6, 6.07) is 3.34. The first-order valence-electron chi connectivity index (χ1n) is 7.46. The van der Waals surface area contributed by atoms with Gasteiger partial charge in [-0.25, -0.2) is 0 Å². The van der Waals surface area contributed by atoms with Gasteiger partial charge in [-0.1, -0.05) is 68.9 Å². The first kappa shape index (κ1) is 36.1. The molecular weight excluding hydrogens is 513 g/mol. The highest BCUT2D eigenvalue weighted by molar-refractivity contribution is 8.06. The van der Waals surface area contributed by atoms with Crippen LogP contribution in [0.3, 0.4) is 0 Å². The molecule has 0 saturated carbocycles. The van der Waals surface area contributed by atoms with Gasteiger partial charge in [-0.15, -0.1) is 0 Å². The van der Waals surface area contributed by atoms with Gasteiger partial charge in [-0.2, -0.15) is 0 Å². The largest absolute Gasteiger partial charge is 0.495 e. The lowest BCUT2D eigenvalue weighted by Crippen LogP contribution is -1.85. The van der Waals surface area contributed by atoms with Gasteiger partial charge >= 0.3 is 13.4 Å². The van der Waals surface area contributed by atoms with Crippen LogP contribution in [0.4, 0.5) is 0 Å². The molecule has 0 heterocycles. The van der Waals surface area contributed by atoms with Crippen LogP contribution in [-0.4, -0.2) is 36.5 Å². The fraction of sp³-hybridized carbons (Fsp3) is 0.429. The smallest absolute Gasteiger partial charge is 0.319 e. The van der Waals surface area contributed by atoms with Crippen LogP contribution in [0.15, 0.2) is 17.7 Å². The van der Waals surface area contributed by atoms with E-state index in [9.17, 15) is 0 Å². The molecule has 0 amide bonds. The van der Waals surface area contributed by atoms with Gasteiger partial charge in [0, 0.05) is 11.6 Å². The van der Waals surface area contributed by atoms with Crippen LogP contribution in [0.5, 0.6) is 5.75 Å². The second-order valence-corrected chi connectivity index (χ2v) is 10.1. The van der Waals surface area contributed by atoms with Crippen molar-refractivity contribution in [3.63, 3.8) is 0 Å². The molecular formula is C14H27Cl3O7P2S2. The first-order valence-corrected chi connectivity index (χ1v) is 14.0. The monoisotopic (exact) mass is 538 g/mol. The molecule has 14 heteroatoms. The van der Waals surface area contributed by atoms with Gasteiger partial charge in [0.1, 0.15) is 5.75 Å². The van der Waals surface area contributed by atoms with E-state index in [1.54, 1.807) is 18.2 Å². The lowest BCUT2D eigenvalue weighted by Gasteiger charge is -2.05. The van der Waals surface area contributed by atoms with E-state index in [0.717, 1.165) is 5.56 Å². The number of methoxy groups -OCH3 is 1. The standard InChI is InChI=1S/C9H7Cl3O.C3H8.C2H6.2H3O3PS/c1-13-9-5-7(11)6(2-3-10)4-8(9)12;1-3-2;1-2;2*1-4(2,3)5/h2-5H,1H3;3H2,1-2H3;1-2H3;2*(H3,1,2,3,5). The molecule has 168 valence electrons. The quantitative estimate of drug-likeness (QED) is 0.287. The molecule has 0 fully saturated rings. The second-order valence-electron chi connectivity index (χ2n) is 4.03. The third kappa shape index (κ3) is 37.4. The molecule has 6 N–H and O–H groups in total. The van der Waals surface area contributed by atoms with E-state index in [0.29, 0.717) is 15.8 Å². The average Bonchev–Trinajstić information content (AvgIpc) is 2.50. The second kappa shape index (κ2) is 20.9. The highest BCUT2D eigenvalue weighted by atomic mass is 35.5. The van der Waals surface area contributed by atoms with E-state index >= 15 is 0 Å². The Balaban J connectivity index is -0.000000160. The fourth-order valence-electron chi connectivity index (χ4n) is 0.896. The molecule has 1 aromatic carbocycles. The number of ether oxygens (including phenoxy) is 1. The highest BCUT2D eigenvalue weighted by Gasteiger charge is 2.04. The molecule has 0 spiro atoms. The van der Waals surface area contributed by atoms with Crippen molar-refractivity contribution in [3.8, 4) is 5.75 Å². The maximum absolute atomic E-state index is 7.56. The van der Waals surface area contributed by atoms with Crippen molar-refractivity contribution >= 4 is 77.9 Å². The zero-order chi connectivity index (χ0) is 23.6. The minimum atomic E-state index is -3.81. The number of hydrogen-bond acceptors (Lipinski definition) is 3. The molecule has 0 aliphatic heterocycles. The molecule has 28 heavy (non-hydrogen) atoms. The lowest BCUT2D eigenvalue weighted by atomic mass is 10.2. The number of halogens is 3. The van der Waals surface area contributed by atoms with Crippen LogP contribution in [-0.2, 0) is 23.6 Å².